The van der Waals surface area contributed by atoms with Crippen LogP contribution in [0.4, 0.5) is 22.7 Å². The lowest BCUT2D eigenvalue weighted by Gasteiger charge is -2.04. The van der Waals surface area contributed by atoms with Crippen molar-refractivity contribution in [1.29, 1.82) is 0 Å². The standard InChI is InChI=1S/C17H19N5O2/c18-11-16(23)9-10-17(24)20-13-5-7-15(8-6-13)22-21-14-3-1-12(19)2-4-14/h1-8H,9-11,18-19H2,(H,20,24). The van der Waals surface area contributed by atoms with Gasteiger partial charge in [-0.2, -0.15) is 10.2 Å². The van der Waals surface area contributed by atoms with Gasteiger partial charge in [0, 0.05) is 24.2 Å². The highest BCUT2D eigenvalue weighted by atomic mass is 16.2. The van der Waals surface area contributed by atoms with Crippen molar-refractivity contribution in [3.8, 4) is 0 Å². The van der Waals surface area contributed by atoms with Crippen LogP contribution in [0.15, 0.2) is 58.8 Å². The van der Waals surface area contributed by atoms with E-state index < -0.39 is 0 Å². The van der Waals surface area contributed by atoms with E-state index in [9.17, 15) is 9.59 Å². The fraction of sp³-hybridized carbons (Fsp3) is 0.176. The van der Waals surface area contributed by atoms with E-state index in [1.54, 1.807) is 48.5 Å². The van der Waals surface area contributed by atoms with E-state index >= 15 is 0 Å². The highest BCUT2D eigenvalue weighted by molar-refractivity contribution is 5.93. The number of nitrogens with two attached hydrogens (primary N) is 2. The van der Waals surface area contributed by atoms with Crippen LogP contribution >= 0.6 is 0 Å². The SMILES string of the molecule is NCC(=O)CCC(=O)Nc1ccc(N=Nc2ccc(N)cc2)cc1. The van der Waals surface area contributed by atoms with E-state index in [1.165, 1.54) is 0 Å². The molecule has 124 valence electrons. The third-order valence-electron chi connectivity index (χ3n) is 3.18. The number of Topliss-reactive ketones (excluding diaryl/α,β-unsaturated/α-hetero) is 1. The highest BCUT2D eigenvalue weighted by Gasteiger charge is 2.06. The second-order valence-electron chi connectivity index (χ2n) is 5.13. The molecule has 7 heteroatoms. The van der Waals surface area contributed by atoms with Gasteiger partial charge >= 0.3 is 0 Å². The third-order valence-corrected chi connectivity index (χ3v) is 3.18. The molecule has 2 aromatic rings. The number of benzene rings is 2. The first-order chi connectivity index (χ1) is 11.6. The van der Waals surface area contributed by atoms with Gasteiger partial charge < -0.3 is 16.8 Å². The molecule has 0 spiro atoms. The van der Waals surface area contributed by atoms with E-state index in [0.29, 0.717) is 22.7 Å². The molecule has 5 N–H and O–H groups in total. The van der Waals surface area contributed by atoms with Gasteiger partial charge in [-0.15, -0.1) is 0 Å². The maximum Gasteiger partial charge on any atom is 0.224 e. The molecule has 0 saturated carbocycles. The summed E-state index contributed by atoms with van der Waals surface area (Å²) in [5.74, 6) is -0.364. The van der Waals surface area contributed by atoms with Crippen LogP contribution in [0.2, 0.25) is 0 Å². The molecule has 2 aromatic carbocycles. The summed E-state index contributed by atoms with van der Waals surface area (Å²) in [6.45, 7) is -0.0407. The summed E-state index contributed by atoms with van der Waals surface area (Å²) in [6.07, 6.45) is 0.269. The minimum atomic E-state index is -0.229. The molecule has 0 saturated heterocycles. The molecule has 0 aromatic heterocycles. The Hall–Kier alpha value is -3.06. The summed E-state index contributed by atoms with van der Waals surface area (Å²) in [6, 6.07) is 14.0. The molecule has 0 fully saturated rings. The lowest BCUT2D eigenvalue weighted by atomic mass is 10.2. The maximum atomic E-state index is 11.7. The number of nitrogens with zero attached hydrogens (tertiary/aromatic N) is 2. The number of carbonyl (C=O) groups excluding carboxylic acids is 2. The molecule has 0 radical (unpaired) electrons. The van der Waals surface area contributed by atoms with Gasteiger partial charge in [0.1, 0.15) is 5.78 Å². The molecular weight excluding hydrogens is 306 g/mol. The van der Waals surface area contributed by atoms with Gasteiger partial charge in [0.15, 0.2) is 0 Å². The lowest BCUT2D eigenvalue weighted by molar-refractivity contribution is -0.122. The Bertz CT molecular complexity index is 724. The van der Waals surface area contributed by atoms with Crippen LogP contribution < -0.4 is 16.8 Å². The van der Waals surface area contributed by atoms with Crippen molar-refractivity contribution in [1.82, 2.24) is 0 Å². The number of amides is 1. The molecule has 0 heterocycles. The van der Waals surface area contributed by atoms with E-state index in [-0.39, 0.29) is 31.1 Å². The normalized spacial score (nSPS) is 10.7. The van der Waals surface area contributed by atoms with Crippen LogP contribution in [0, 0.1) is 0 Å². The van der Waals surface area contributed by atoms with Crippen LogP contribution in [0.1, 0.15) is 12.8 Å². The number of anilines is 2. The smallest absolute Gasteiger partial charge is 0.224 e. The average Bonchev–Trinajstić information content (AvgIpc) is 2.60. The average molecular weight is 325 g/mol. The summed E-state index contributed by atoms with van der Waals surface area (Å²) >= 11 is 0. The zero-order valence-electron chi connectivity index (χ0n) is 13.1. The van der Waals surface area contributed by atoms with Crippen molar-refractivity contribution in [2.75, 3.05) is 17.6 Å². The van der Waals surface area contributed by atoms with E-state index in [0.717, 1.165) is 0 Å². The van der Waals surface area contributed by atoms with Crippen molar-refractivity contribution in [3.05, 3.63) is 48.5 Å². The lowest BCUT2D eigenvalue weighted by Crippen LogP contribution is -2.17. The van der Waals surface area contributed by atoms with Gasteiger partial charge in [-0.1, -0.05) is 0 Å². The molecule has 24 heavy (non-hydrogen) atoms. The predicted octanol–water partition coefficient (Wildman–Crippen LogP) is 2.93. The van der Waals surface area contributed by atoms with E-state index in [1.807, 2.05) is 0 Å². The predicted molar refractivity (Wildman–Crippen MR) is 93.4 cm³/mol. The topological polar surface area (TPSA) is 123 Å². The van der Waals surface area contributed by atoms with Gasteiger partial charge in [0.05, 0.1) is 17.9 Å². The fourth-order valence-corrected chi connectivity index (χ4v) is 1.85. The quantitative estimate of drug-likeness (QED) is 0.535. The zero-order valence-corrected chi connectivity index (χ0v) is 13.1. The van der Waals surface area contributed by atoms with Crippen molar-refractivity contribution >= 4 is 34.4 Å². The van der Waals surface area contributed by atoms with Crippen LogP contribution in [0.5, 0.6) is 0 Å². The first kappa shape index (κ1) is 17.3. The number of carbonyl (C=O) groups is 2. The molecule has 0 unspecified atom stereocenters. The molecular formula is C17H19N5O2. The molecule has 0 aliphatic rings. The molecule has 0 aliphatic carbocycles. The van der Waals surface area contributed by atoms with E-state index in [4.69, 9.17) is 11.5 Å². The van der Waals surface area contributed by atoms with Crippen molar-refractivity contribution in [2.24, 2.45) is 16.0 Å². The number of ketones is 1. The third kappa shape index (κ3) is 5.62. The van der Waals surface area contributed by atoms with E-state index in [2.05, 4.69) is 15.5 Å². The van der Waals surface area contributed by atoms with Crippen LogP contribution in [-0.4, -0.2) is 18.2 Å². The van der Waals surface area contributed by atoms with Crippen LogP contribution in [0.3, 0.4) is 0 Å². The number of nitrogen functional groups attached to an aromatic ring is 1. The van der Waals surface area contributed by atoms with Gasteiger partial charge in [-0.3, -0.25) is 9.59 Å². The summed E-state index contributed by atoms with van der Waals surface area (Å²) in [5, 5.41) is 10.9. The molecule has 1 amide bonds. The Morgan fingerprint density at radius 3 is 1.96 bits per heavy atom. The number of hydrogen-bond donors (Lipinski definition) is 3. The first-order valence-electron chi connectivity index (χ1n) is 7.46. The van der Waals surface area contributed by atoms with Crippen molar-refractivity contribution in [2.45, 2.75) is 12.8 Å². The Morgan fingerprint density at radius 2 is 1.42 bits per heavy atom. The fourth-order valence-electron chi connectivity index (χ4n) is 1.85. The summed E-state index contributed by atoms with van der Waals surface area (Å²) in [5.41, 5.74) is 13.5. The minimum Gasteiger partial charge on any atom is -0.399 e. The molecule has 7 nitrogen and oxygen atoms in total. The summed E-state index contributed by atoms with van der Waals surface area (Å²) in [4.78, 5) is 22.8. The molecule has 0 aliphatic heterocycles. The van der Waals surface area contributed by atoms with Crippen LogP contribution in [-0.2, 0) is 9.59 Å². The Labute approximate surface area is 139 Å². The molecule has 2 rings (SSSR count). The van der Waals surface area contributed by atoms with Gasteiger partial charge in [0.2, 0.25) is 5.91 Å². The minimum absolute atomic E-state index is 0.0407. The van der Waals surface area contributed by atoms with Gasteiger partial charge in [0.25, 0.3) is 0 Å². The Kier molecular flexibility index (Phi) is 6.16. The number of nitrogens with one attached hydrogen (secondary N) is 1. The summed E-state index contributed by atoms with van der Waals surface area (Å²) in [7, 11) is 0. The number of hydrogen-bond acceptors (Lipinski definition) is 6. The van der Waals surface area contributed by atoms with Crippen molar-refractivity contribution in [3.63, 3.8) is 0 Å². The second-order valence-corrected chi connectivity index (χ2v) is 5.13. The molecule has 0 atom stereocenters. The van der Waals surface area contributed by atoms with Crippen molar-refractivity contribution < 1.29 is 9.59 Å². The zero-order chi connectivity index (χ0) is 17.4. The van der Waals surface area contributed by atoms with Crippen LogP contribution in [0.25, 0.3) is 0 Å². The number of azo groups is 1. The number of rotatable bonds is 7. The Morgan fingerprint density at radius 1 is 0.875 bits per heavy atom. The largest absolute Gasteiger partial charge is 0.399 e. The highest BCUT2D eigenvalue weighted by Crippen LogP contribution is 2.21. The maximum absolute atomic E-state index is 11.7. The Balaban J connectivity index is 1.89. The summed E-state index contributed by atoms with van der Waals surface area (Å²) < 4.78 is 0. The second kappa shape index (κ2) is 8.54. The van der Waals surface area contributed by atoms with Gasteiger partial charge in [-0.05, 0) is 48.5 Å². The monoisotopic (exact) mass is 325 g/mol. The molecule has 0 bridgehead atoms. The van der Waals surface area contributed by atoms with Gasteiger partial charge in [-0.25, -0.2) is 0 Å². The first-order valence-corrected chi connectivity index (χ1v) is 7.46.